The lowest BCUT2D eigenvalue weighted by atomic mass is 9.97. The zero-order chi connectivity index (χ0) is 13.8. The first-order chi connectivity index (χ1) is 9.11. The number of hydrogen-bond acceptors (Lipinski definition) is 2. The van der Waals surface area contributed by atoms with Gasteiger partial charge in [0.05, 0.1) is 5.02 Å². The summed E-state index contributed by atoms with van der Waals surface area (Å²) in [6, 6.07) is 4.22. The van der Waals surface area contributed by atoms with Gasteiger partial charge in [-0.1, -0.05) is 11.6 Å². The van der Waals surface area contributed by atoms with E-state index in [2.05, 4.69) is 5.32 Å². The summed E-state index contributed by atoms with van der Waals surface area (Å²) < 4.78 is 13.4. The second kappa shape index (κ2) is 6.35. The summed E-state index contributed by atoms with van der Waals surface area (Å²) in [4.78, 5) is 14.1. The molecule has 0 aromatic heterocycles. The number of piperidine rings is 1. The Kier molecular flexibility index (Phi) is 4.77. The number of carbonyl (C=O) groups excluding carboxylic acids is 1. The number of likely N-dealkylation sites (tertiary alicyclic amines) is 1. The second-order valence-corrected chi connectivity index (χ2v) is 5.35. The molecule has 1 heterocycles. The molecule has 0 spiro atoms. The third-order valence-electron chi connectivity index (χ3n) is 3.47. The van der Waals surface area contributed by atoms with Crippen molar-refractivity contribution in [2.24, 2.45) is 5.92 Å². The number of carbonyl (C=O) groups is 1. The molecule has 0 saturated carbocycles. The summed E-state index contributed by atoms with van der Waals surface area (Å²) in [5, 5.41) is 3.18. The molecule has 1 aromatic rings. The fourth-order valence-corrected chi connectivity index (χ4v) is 2.63. The monoisotopic (exact) mass is 284 g/mol. The molecule has 1 saturated heterocycles. The van der Waals surface area contributed by atoms with Crippen molar-refractivity contribution in [1.29, 1.82) is 0 Å². The molecule has 0 bridgehead atoms. The van der Waals surface area contributed by atoms with Crippen molar-refractivity contribution in [2.75, 3.05) is 26.7 Å². The molecule has 104 valence electrons. The van der Waals surface area contributed by atoms with Crippen molar-refractivity contribution in [2.45, 2.75) is 12.8 Å². The normalized spacial score (nSPS) is 19.5. The first-order valence-electron chi connectivity index (χ1n) is 6.50. The maximum atomic E-state index is 13.4. The molecule has 3 nitrogen and oxygen atoms in total. The first-order valence-corrected chi connectivity index (χ1v) is 6.88. The van der Waals surface area contributed by atoms with E-state index in [1.165, 1.54) is 12.1 Å². The minimum atomic E-state index is -0.545. The van der Waals surface area contributed by atoms with Crippen LogP contribution in [0.4, 0.5) is 4.39 Å². The van der Waals surface area contributed by atoms with Crippen LogP contribution in [0.3, 0.4) is 0 Å². The average Bonchev–Trinajstić information content (AvgIpc) is 2.42. The van der Waals surface area contributed by atoms with Crippen molar-refractivity contribution in [3.8, 4) is 0 Å². The van der Waals surface area contributed by atoms with Gasteiger partial charge in [0.15, 0.2) is 0 Å². The maximum Gasteiger partial charge on any atom is 0.253 e. The Morgan fingerprint density at radius 1 is 1.58 bits per heavy atom. The molecule has 1 amide bonds. The van der Waals surface area contributed by atoms with Crippen LogP contribution < -0.4 is 5.32 Å². The first kappa shape index (κ1) is 14.3. The molecule has 5 heteroatoms. The SMILES string of the molecule is CNCC1CCCN(C(=O)c2ccc(Cl)c(F)c2)C1. The third-order valence-corrected chi connectivity index (χ3v) is 3.77. The van der Waals surface area contributed by atoms with Crippen molar-refractivity contribution in [1.82, 2.24) is 10.2 Å². The molecule has 0 aliphatic carbocycles. The molecule has 1 atom stereocenters. The van der Waals surface area contributed by atoms with Gasteiger partial charge in [0.25, 0.3) is 5.91 Å². The third kappa shape index (κ3) is 3.45. The summed E-state index contributed by atoms with van der Waals surface area (Å²) in [5.74, 6) is -0.187. The average molecular weight is 285 g/mol. The van der Waals surface area contributed by atoms with E-state index in [-0.39, 0.29) is 10.9 Å². The number of halogens is 2. The lowest BCUT2D eigenvalue weighted by Crippen LogP contribution is -2.42. The van der Waals surface area contributed by atoms with Crippen LogP contribution in [-0.2, 0) is 0 Å². The zero-order valence-corrected chi connectivity index (χ0v) is 11.7. The largest absolute Gasteiger partial charge is 0.338 e. The fraction of sp³-hybridized carbons (Fsp3) is 0.500. The predicted molar refractivity (Wildman–Crippen MR) is 74.0 cm³/mol. The quantitative estimate of drug-likeness (QED) is 0.925. The van der Waals surface area contributed by atoms with Gasteiger partial charge in [-0.3, -0.25) is 4.79 Å². The molecule has 1 unspecified atom stereocenters. The standard InChI is InChI=1S/C14H18ClFN2O/c1-17-8-10-3-2-6-18(9-10)14(19)11-4-5-12(15)13(16)7-11/h4-5,7,10,17H,2-3,6,8-9H2,1H3. The van der Waals surface area contributed by atoms with Crippen molar-refractivity contribution in [3.05, 3.63) is 34.6 Å². The number of rotatable bonds is 3. The van der Waals surface area contributed by atoms with Crippen LogP contribution in [0.1, 0.15) is 23.2 Å². The van der Waals surface area contributed by atoms with Crippen LogP contribution in [0.15, 0.2) is 18.2 Å². The Labute approximate surface area is 117 Å². The number of nitrogens with one attached hydrogen (secondary N) is 1. The van der Waals surface area contributed by atoms with Gasteiger partial charge in [-0.15, -0.1) is 0 Å². The molecule has 1 aromatic carbocycles. The summed E-state index contributed by atoms with van der Waals surface area (Å²) in [6.07, 6.45) is 2.12. The second-order valence-electron chi connectivity index (χ2n) is 4.95. The molecule has 1 aliphatic heterocycles. The van der Waals surface area contributed by atoms with Gasteiger partial charge in [0.1, 0.15) is 5.82 Å². The summed E-state index contributed by atoms with van der Waals surface area (Å²) in [7, 11) is 1.91. The highest BCUT2D eigenvalue weighted by Gasteiger charge is 2.24. The highest BCUT2D eigenvalue weighted by Crippen LogP contribution is 2.20. The Morgan fingerprint density at radius 3 is 3.05 bits per heavy atom. The molecule has 0 radical (unpaired) electrons. The van der Waals surface area contributed by atoms with Crippen molar-refractivity contribution >= 4 is 17.5 Å². The summed E-state index contributed by atoms with van der Waals surface area (Å²) >= 11 is 5.63. The minimum Gasteiger partial charge on any atom is -0.338 e. The molecule has 1 fully saturated rings. The fourth-order valence-electron chi connectivity index (χ4n) is 2.52. The predicted octanol–water partition coefficient (Wildman–Crippen LogP) is 2.55. The molecular formula is C14H18ClFN2O. The highest BCUT2D eigenvalue weighted by atomic mass is 35.5. The van der Waals surface area contributed by atoms with Gasteiger partial charge < -0.3 is 10.2 Å². The lowest BCUT2D eigenvalue weighted by molar-refractivity contribution is 0.0674. The number of nitrogens with zero attached hydrogens (tertiary/aromatic N) is 1. The van der Waals surface area contributed by atoms with Crippen LogP contribution in [-0.4, -0.2) is 37.5 Å². The topological polar surface area (TPSA) is 32.3 Å². The highest BCUT2D eigenvalue weighted by molar-refractivity contribution is 6.30. The molecule has 2 rings (SSSR count). The summed E-state index contributed by atoms with van der Waals surface area (Å²) in [5.41, 5.74) is 0.368. The van der Waals surface area contributed by atoms with E-state index >= 15 is 0 Å². The summed E-state index contributed by atoms with van der Waals surface area (Å²) in [6.45, 7) is 2.37. The smallest absolute Gasteiger partial charge is 0.253 e. The van der Waals surface area contributed by atoms with Crippen LogP contribution in [0.5, 0.6) is 0 Å². The maximum absolute atomic E-state index is 13.4. The van der Waals surface area contributed by atoms with Crippen molar-refractivity contribution < 1.29 is 9.18 Å². The van der Waals surface area contributed by atoms with E-state index in [9.17, 15) is 9.18 Å². The Balaban J connectivity index is 2.08. The zero-order valence-electron chi connectivity index (χ0n) is 11.0. The van der Waals surface area contributed by atoms with Gasteiger partial charge in [0.2, 0.25) is 0 Å². The number of benzene rings is 1. The number of amides is 1. The van der Waals surface area contributed by atoms with E-state index in [1.54, 1.807) is 11.0 Å². The van der Waals surface area contributed by atoms with E-state index < -0.39 is 5.82 Å². The van der Waals surface area contributed by atoms with E-state index in [1.807, 2.05) is 7.05 Å². The van der Waals surface area contributed by atoms with Crippen LogP contribution in [0.2, 0.25) is 5.02 Å². The van der Waals surface area contributed by atoms with Crippen LogP contribution in [0, 0.1) is 11.7 Å². The van der Waals surface area contributed by atoms with Gasteiger partial charge in [-0.2, -0.15) is 0 Å². The Morgan fingerprint density at radius 2 is 2.37 bits per heavy atom. The van der Waals surface area contributed by atoms with E-state index in [0.29, 0.717) is 11.5 Å². The van der Waals surface area contributed by atoms with Gasteiger partial charge in [-0.05, 0) is 50.6 Å². The molecular weight excluding hydrogens is 267 g/mol. The van der Waals surface area contributed by atoms with Crippen LogP contribution in [0.25, 0.3) is 0 Å². The van der Waals surface area contributed by atoms with E-state index in [4.69, 9.17) is 11.6 Å². The molecule has 1 N–H and O–H groups in total. The Bertz CT molecular complexity index is 465. The van der Waals surface area contributed by atoms with E-state index in [0.717, 1.165) is 32.5 Å². The van der Waals surface area contributed by atoms with Crippen molar-refractivity contribution in [3.63, 3.8) is 0 Å². The molecule has 1 aliphatic rings. The van der Waals surface area contributed by atoms with Gasteiger partial charge >= 0.3 is 0 Å². The number of hydrogen-bond donors (Lipinski definition) is 1. The minimum absolute atomic E-state index is 0.0447. The van der Waals surface area contributed by atoms with Crippen LogP contribution >= 0.6 is 11.6 Å². The lowest BCUT2D eigenvalue weighted by Gasteiger charge is -2.32. The Hall–Kier alpha value is -1.13. The van der Waals surface area contributed by atoms with Gasteiger partial charge in [0, 0.05) is 18.7 Å². The molecule has 19 heavy (non-hydrogen) atoms. The van der Waals surface area contributed by atoms with Gasteiger partial charge in [-0.25, -0.2) is 4.39 Å².